The van der Waals surface area contributed by atoms with Crippen LogP contribution in [-0.4, -0.2) is 31.4 Å². The van der Waals surface area contributed by atoms with Crippen LogP contribution in [0.5, 0.6) is 0 Å². The Kier molecular flexibility index (Phi) is 8.63. The molecule has 0 spiro atoms. The highest BCUT2D eigenvalue weighted by molar-refractivity contribution is 5.97. The highest BCUT2D eigenvalue weighted by Gasteiger charge is 2.34. The summed E-state index contributed by atoms with van der Waals surface area (Å²) in [5.41, 5.74) is 3.83. The van der Waals surface area contributed by atoms with Crippen molar-refractivity contribution in [3.63, 3.8) is 0 Å². The van der Waals surface area contributed by atoms with Crippen molar-refractivity contribution in [2.45, 2.75) is 13.1 Å². The summed E-state index contributed by atoms with van der Waals surface area (Å²) >= 11 is 0. The van der Waals surface area contributed by atoms with E-state index in [0.717, 1.165) is 12.1 Å². The van der Waals surface area contributed by atoms with Gasteiger partial charge in [0.1, 0.15) is 0 Å². The van der Waals surface area contributed by atoms with Crippen molar-refractivity contribution >= 4 is 24.2 Å². The third kappa shape index (κ3) is 6.87. The molecule has 0 heterocycles. The molecule has 0 fully saturated rings. The van der Waals surface area contributed by atoms with E-state index in [1.54, 1.807) is 0 Å². The number of halogens is 4. The van der Waals surface area contributed by atoms with Crippen LogP contribution in [0.15, 0.2) is 24.3 Å². The van der Waals surface area contributed by atoms with E-state index in [1.165, 1.54) is 12.1 Å². The third-order valence-corrected chi connectivity index (χ3v) is 2.94. The number of benzene rings is 1. The molecular weight excluding hydrogens is 335 g/mol. The average molecular weight is 354 g/mol. The summed E-state index contributed by atoms with van der Waals surface area (Å²) in [4.78, 5) is 23.3. The van der Waals surface area contributed by atoms with Gasteiger partial charge in [-0.3, -0.25) is 9.59 Å². The molecule has 1 unspecified atom stereocenters. The number of carbonyl (C=O) groups is 2. The van der Waals surface area contributed by atoms with Gasteiger partial charge in [-0.2, -0.15) is 13.2 Å². The van der Waals surface area contributed by atoms with E-state index in [9.17, 15) is 22.8 Å². The van der Waals surface area contributed by atoms with Crippen LogP contribution in [0.25, 0.3) is 0 Å². The predicted octanol–water partition coefficient (Wildman–Crippen LogP) is 1.57. The fourth-order valence-corrected chi connectivity index (χ4v) is 1.62. The number of carbonyl (C=O) groups excluding carboxylic acids is 2. The lowest BCUT2D eigenvalue weighted by Gasteiger charge is -2.13. The van der Waals surface area contributed by atoms with Gasteiger partial charge >= 0.3 is 6.18 Å². The van der Waals surface area contributed by atoms with Crippen molar-refractivity contribution in [2.75, 3.05) is 19.6 Å². The molecule has 130 valence electrons. The molecule has 23 heavy (non-hydrogen) atoms. The molecule has 0 aliphatic heterocycles. The van der Waals surface area contributed by atoms with Gasteiger partial charge in [0, 0.05) is 6.54 Å². The molecular formula is C14H19ClF3N3O2. The average Bonchev–Trinajstić information content (AvgIpc) is 2.49. The first-order valence-electron chi connectivity index (χ1n) is 6.67. The van der Waals surface area contributed by atoms with Crippen LogP contribution >= 0.6 is 12.4 Å². The minimum absolute atomic E-state index is 0. The van der Waals surface area contributed by atoms with E-state index < -0.39 is 35.7 Å². The van der Waals surface area contributed by atoms with Crippen molar-refractivity contribution < 1.29 is 22.8 Å². The lowest BCUT2D eigenvalue weighted by atomic mass is 10.1. The normalized spacial score (nSPS) is 12.0. The van der Waals surface area contributed by atoms with Gasteiger partial charge in [0.15, 0.2) is 0 Å². The lowest BCUT2D eigenvalue weighted by Crippen LogP contribution is -2.39. The van der Waals surface area contributed by atoms with E-state index in [2.05, 4.69) is 10.6 Å². The first-order chi connectivity index (χ1) is 10.3. The maximum Gasteiger partial charge on any atom is 0.417 e. The number of nitrogens with two attached hydrogens (primary N) is 1. The SMILES string of the molecule is CC(CN)CNC(=O)CNC(=O)c1ccccc1C(F)(F)F.Cl. The zero-order chi connectivity index (χ0) is 16.8. The van der Waals surface area contributed by atoms with Crippen LogP contribution < -0.4 is 16.4 Å². The van der Waals surface area contributed by atoms with Crippen molar-refractivity contribution in [3.05, 3.63) is 35.4 Å². The molecule has 4 N–H and O–H groups in total. The smallest absolute Gasteiger partial charge is 0.354 e. The summed E-state index contributed by atoms with van der Waals surface area (Å²) in [5, 5.41) is 4.70. The second-order valence-electron chi connectivity index (χ2n) is 4.87. The monoisotopic (exact) mass is 353 g/mol. The van der Waals surface area contributed by atoms with Crippen molar-refractivity contribution in [3.8, 4) is 0 Å². The molecule has 1 rings (SSSR count). The Bertz CT molecular complexity index is 538. The minimum Gasteiger partial charge on any atom is -0.354 e. The molecule has 0 saturated carbocycles. The summed E-state index contributed by atoms with van der Waals surface area (Å²) in [5.74, 6) is -1.36. The van der Waals surface area contributed by atoms with Gasteiger partial charge < -0.3 is 16.4 Å². The third-order valence-electron chi connectivity index (χ3n) is 2.94. The number of rotatable bonds is 6. The van der Waals surface area contributed by atoms with E-state index in [0.29, 0.717) is 13.1 Å². The van der Waals surface area contributed by atoms with E-state index in [-0.39, 0.29) is 18.3 Å². The highest BCUT2D eigenvalue weighted by atomic mass is 35.5. The van der Waals surface area contributed by atoms with Crippen LogP contribution in [0.4, 0.5) is 13.2 Å². The molecule has 0 radical (unpaired) electrons. The summed E-state index contributed by atoms with van der Waals surface area (Å²) in [7, 11) is 0. The predicted molar refractivity (Wildman–Crippen MR) is 82.3 cm³/mol. The number of amides is 2. The Balaban J connectivity index is 0.00000484. The topological polar surface area (TPSA) is 84.2 Å². The molecule has 0 aliphatic carbocycles. The molecule has 0 aliphatic rings. The molecule has 0 bridgehead atoms. The van der Waals surface area contributed by atoms with Gasteiger partial charge in [0.05, 0.1) is 17.7 Å². The molecule has 0 aromatic heterocycles. The first-order valence-corrected chi connectivity index (χ1v) is 6.67. The Hall–Kier alpha value is -1.80. The summed E-state index contributed by atoms with van der Waals surface area (Å²) in [6.45, 7) is 2.16. The van der Waals surface area contributed by atoms with Crippen LogP contribution in [0.1, 0.15) is 22.8 Å². The molecule has 5 nitrogen and oxygen atoms in total. The number of hydrogen-bond acceptors (Lipinski definition) is 3. The summed E-state index contributed by atoms with van der Waals surface area (Å²) in [6.07, 6.45) is -4.63. The van der Waals surface area contributed by atoms with Crippen molar-refractivity contribution in [2.24, 2.45) is 11.7 Å². The van der Waals surface area contributed by atoms with Crippen LogP contribution in [-0.2, 0) is 11.0 Å². The Morgan fingerprint density at radius 1 is 1.22 bits per heavy atom. The Labute approximate surface area is 138 Å². The van der Waals surface area contributed by atoms with Crippen molar-refractivity contribution in [1.29, 1.82) is 0 Å². The fraction of sp³-hybridized carbons (Fsp3) is 0.429. The van der Waals surface area contributed by atoms with E-state index >= 15 is 0 Å². The van der Waals surface area contributed by atoms with Gasteiger partial charge in [-0.1, -0.05) is 19.1 Å². The first kappa shape index (κ1) is 21.2. The fourth-order valence-electron chi connectivity index (χ4n) is 1.62. The molecule has 1 aromatic carbocycles. The molecule has 0 saturated heterocycles. The van der Waals surface area contributed by atoms with E-state index in [1.807, 2.05) is 6.92 Å². The van der Waals surface area contributed by atoms with Gasteiger partial charge in [-0.25, -0.2) is 0 Å². The largest absolute Gasteiger partial charge is 0.417 e. The lowest BCUT2D eigenvalue weighted by molar-refractivity contribution is -0.137. The quantitative estimate of drug-likeness (QED) is 0.725. The molecule has 9 heteroatoms. The number of alkyl halides is 3. The zero-order valence-electron chi connectivity index (χ0n) is 12.4. The Morgan fingerprint density at radius 3 is 2.39 bits per heavy atom. The molecule has 2 amide bonds. The second-order valence-corrected chi connectivity index (χ2v) is 4.87. The maximum absolute atomic E-state index is 12.8. The maximum atomic E-state index is 12.8. The zero-order valence-corrected chi connectivity index (χ0v) is 13.3. The van der Waals surface area contributed by atoms with Crippen LogP contribution in [0.2, 0.25) is 0 Å². The minimum atomic E-state index is -4.63. The summed E-state index contributed by atoms with van der Waals surface area (Å²) in [6, 6.07) is 4.40. The summed E-state index contributed by atoms with van der Waals surface area (Å²) < 4.78 is 38.4. The molecule has 1 aromatic rings. The van der Waals surface area contributed by atoms with Crippen LogP contribution in [0, 0.1) is 5.92 Å². The highest BCUT2D eigenvalue weighted by Crippen LogP contribution is 2.31. The van der Waals surface area contributed by atoms with Crippen LogP contribution in [0.3, 0.4) is 0 Å². The number of hydrogen-bond donors (Lipinski definition) is 3. The second kappa shape index (κ2) is 9.36. The standard InChI is InChI=1S/C14H18F3N3O2.ClH/c1-9(6-18)7-19-12(21)8-20-13(22)10-4-2-3-5-11(10)14(15,16)17;/h2-5,9H,6-8,18H2,1H3,(H,19,21)(H,20,22);1H. The van der Waals surface area contributed by atoms with Crippen molar-refractivity contribution in [1.82, 2.24) is 10.6 Å². The van der Waals surface area contributed by atoms with Gasteiger partial charge in [-0.05, 0) is 24.6 Å². The number of nitrogens with one attached hydrogen (secondary N) is 2. The van der Waals surface area contributed by atoms with Gasteiger partial charge in [0.2, 0.25) is 5.91 Å². The van der Waals surface area contributed by atoms with Gasteiger partial charge in [-0.15, -0.1) is 12.4 Å². The Morgan fingerprint density at radius 2 is 1.83 bits per heavy atom. The van der Waals surface area contributed by atoms with Gasteiger partial charge in [0.25, 0.3) is 5.91 Å². The van der Waals surface area contributed by atoms with E-state index in [4.69, 9.17) is 5.73 Å². The molecule has 1 atom stereocenters.